The van der Waals surface area contributed by atoms with Gasteiger partial charge in [-0.05, 0) is 99.6 Å². The van der Waals surface area contributed by atoms with Crippen molar-refractivity contribution in [2.75, 3.05) is 44.5 Å². The van der Waals surface area contributed by atoms with Crippen LogP contribution in [0.1, 0.15) is 100 Å². The van der Waals surface area contributed by atoms with Gasteiger partial charge in [0, 0.05) is 31.0 Å². The number of ether oxygens (including phenoxy) is 6. The van der Waals surface area contributed by atoms with Gasteiger partial charge >= 0.3 is 29.8 Å². The lowest BCUT2D eigenvalue weighted by Crippen LogP contribution is -2.44. The molecule has 3 unspecified atom stereocenters. The molecule has 2 saturated heterocycles. The molecule has 2 aliphatic heterocycles. The first-order valence-electron chi connectivity index (χ1n) is 19.7. The molecule has 0 bridgehead atoms. The van der Waals surface area contributed by atoms with Gasteiger partial charge in [0.25, 0.3) is 11.8 Å². The molecule has 0 aromatic heterocycles. The maximum absolute atomic E-state index is 12.6. The van der Waals surface area contributed by atoms with Crippen molar-refractivity contribution in [3.8, 4) is 5.75 Å². The van der Waals surface area contributed by atoms with E-state index in [0.717, 1.165) is 19.3 Å². The molecule has 1 aromatic rings. The number of hydrogen-bond donors (Lipinski definition) is 0. The summed E-state index contributed by atoms with van der Waals surface area (Å²) < 4.78 is 29.3. The average Bonchev–Trinajstić information content (AvgIpc) is 3.49. The van der Waals surface area contributed by atoms with Crippen LogP contribution in [0, 0.1) is 10.8 Å². The molecule has 344 valence electrons. The Labute approximate surface area is 391 Å². The van der Waals surface area contributed by atoms with Crippen LogP contribution in [0.5, 0.6) is 5.75 Å². The van der Waals surface area contributed by atoms with Crippen molar-refractivity contribution < 1.29 is 66.8 Å². The summed E-state index contributed by atoms with van der Waals surface area (Å²) in [5, 5.41) is 0.483. The Morgan fingerprint density at radius 2 is 1.18 bits per heavy atom. The number of esters is 4. The predicted molar refractivity (Wildman–Crippen MR) is 241 cm³/mol. The van der Waals surface area contributed by atoms with E-state index in [-0.39, 0.29) is 63.7 Å². The number of carbonyl (C=O) groups is 7. The number of hydrogen-bond acceptors (Lipinski definition) is 16. The van der Waals surface area contributed by atoms with Crippen molar-refractivity contribution in [1.82, 2.24) is 5.06 Å². The summed E-state index contributed by atoms with van der Waals surface area (Å²) in [6.07, 6.45) is 3.00. The number of imide groups is 1. The third kappa shape index (κ3) is 20.0. The third-order valence-electron chi connectivity index (χ3n) is 8.76. The van der Waals surface area contributed by atoms with Gasteiger partial charge in [-0.3, -0.25) is 28.8 Å². The minimum Gasteiger partial charge on any atom is -0.464 e. The lowest BCUT2D eigenvalue weighted by molar-refractivity contribution is -0.199. The first kappa shape index (κ1) is 54.9. The SMILES string of the molecule is CC(C)(Br)C(=O)OCCSSCCOC(=O)C(C)(C)CC(C)(Br)C(=O)OCCOC1CCCCO1.CC(C)(CC(C)(Br)C(=O)ON1C(=O)CCC1=O)C(=O)Oc1ccccc1. The molecule has 2 fully saturated rings. The number of hydroxylamine groups is 2. The number of rotatable bonds is 22. The molecular weight excluding hydrogens is 1030 g/mol. The summed E-state index contributed by atoms with van der Waals surface area (Å²) >= 11 is 9.94. The molecule has 0 spiro atoms. The molecule has 1 aromatic carbocycles. The van der Waals surface area contributed by atoms with E-state index in [1.54, 1.807) is 89.6 Å². The van der Waals surface area contributed by atoms with Gasteiger partial charge in [-0.2, -0.15) is 0 Å². The Morgan fingerprint density at radius 1 is 0.672 bits per heavy atom. The molecule has 0 saturated carbocycles. The van der Waals surface area contributed by atoms with E-state index < -0.39 is 53.5 Å². The molecule has 15 nitrogen and oxygen atoms in total. The molecule has 20 heteroatoms. The average molecular weight is 1090 g/mol. The topological polar surface area (TPSA) is 187 Å². The second-order valence-electron chi connectivity index (χ2n) is 16.4. The van der Waals surface area contributed by atoms with Crippen LogP contribution in [-0.4, -0.2) is 111 Å². The number of alkyl halides is 3. The Morgan fingerprint density at radius 3 is 1.70 bits per heavy atom. The monoisotopic (exact) mass is 1090 g/mol. The lowest BCUT2D eigenvalue weighted by atomic mass is 9.83. The van der Waals surface area contributed by atoms with Crippen molar-refractivity contribution in [3.05, 3.63) is 30.3 Å². The summed E-state index contributed by atoms with van der Waals surface area (Å²) in [4.78, 5) is 89.8. The molecule has 0 N–H and O–H groups in total. The number of para-hydroxylation sites is 1. The van der Waals surface area contributed by atoms with Crippen molar-refractivity contribution in [1.29, 1.82) is 0 Å². The molecule has 2 amide bonds. The Balaban J connectivity index is 0.000000438. The maximum atomic E-state index is 12.6. The smallest absolute Gasteiger partial charge is 0.349 e. The van der Waals surface area contributed by atoms with E-state index in [2.05, 4.69) is 47.8 Å². The Bertz CT molecular complexity index is 1630. The van der Waals surface area contributed by atoms with Crippen LogP contribution in [0.2, 0.25) is 0 Å². The highest BCUT2D eigenvalue weighted by Gasteiger charge is 2.46. The lowest BCUT2D eigenvalue weighted by Gasteiger charge is -2.30. The Hall–Kier alpha value is -2.23. The van der Waals surface area contributed by atoms with E-state index >= 15 is 0 Å². The minimum atomic E-state index is -1.30. The van der Waals surface area contributed by atoms with Gasteiger partial charge in [-0.25, -0.2) is 4.79 Å². The van der Waals surface area contributed by atoms with E-state index in [9.17, 15) is 33.6 Å². The van der Waals surface area contributed by atoms with Crippen LogP contribution in [0.15, 0.2) is 30.3 Å². The van der Waals surface area contributed by atoms with Crippen molar-refractivity contribution in [3.63, 3.8) is 0 Å². The second kappa shape index (κ2) is 25.3. The quantitative estimate of drug-likeness (QED) is 0.0206. The summed E-state index contributed by atoms with van der Waals surface area (Å²) in [6, 6.07) is 8.59. The van der Waals surface area contributed by atoms with Gasteiger partial charge in [-0.15, -0.1) is 5.06 Å². The third-order valence-corrected chi connectivity index (χ3v) is 12.6. The molecule has 3 atom stereocenters. The molecular formula is C41H58Br3NO14S2. The van der Waals surface area contributed by atoms with Crippen molar-refractivity contribution >= 4 is 111 Å². The number of halogens is 3. The fraction of sp³-hybridized carbons (Fsp3) is 0.683. The zero-order valence-corrected chi connectivity index (χ0v) is 42.4. The highest BCUT2D eigenvalue weighted by molar-refractivity contribution is 9.10. The zero-order valence-electron chi connectivity index (χ0n) is 36.0. The summed E-state index contributed by atoms with van der Waals surface area (Å²) in [7, 11) is 3.08. The van der Waals surface area contributed by atoms with E-state index in [4.69, 9.17) is 33.3 Å². The van der Waals surface area contributed by atoms with Crippen molar-refractivity contribution in [2.45, 2.75) is 120 Å². The van der Waals surface area contributed by atoms with Crippen LogP contribution in [0.25, 0.3) is 0 Å². The normalized spacial score (nSPS) is 17.8. The fourth-order valence-corrected chi connectivity index (χ4v) is 9.00. The van der Waals surface area contributed by atoms with Gasteiger partial charge in [0.1, 0.15) is 38.5 Å². The maximum Gasteiger partial charge on any atom is 0.349 e. The number of nitrogens with zero attached hydrogens (tertiary/aromatic N) is 1. The summed E-state index contributed by atoms with van der Waals surface area (Å²) in [5.74, 6) is -1.97. The zero-order chi connectivity index (χ0) is 46.1. The van der Waals surface area contributed by atoms with Crippen LogP contribution in [0.4, 0.5) is 0 Å². The van der Waals surface area contributed by atoms with Crippen LogP contribution < -0.4 is 4.74 Å². The second-order valence-corrected chi connectivity index (χ2v) is 24.6. The largest absolute Gasteiger partial charge is 0.464 e. The highest BCUT2D eigenvalue weighted by Crippen LogP contribution is 2.38. The molecule has 2 aliphatic rings. The summed E-state index contributed by atoms with van der Waals surface area (Å²) in [5.41, 5.74) is -1.93. The molecule has 3 rings (SSSR count). The fourth-order valence-electron chi connectivity index (χ4n) is 5.65. The number of amides is 2. The highest BCUT2D eigenvalue weighted by atomic mass is 79.9. The van der Waals surface area contributed by atoms with Gasteiger partial charge in [0.15, 0.2) is 6.29 Å². The van der Waals surface area contributed by atoms with Gasteiger partial charge in [0.2, 0.25) is 0 Å². The van der Waals surface area contributed by atoms with Gasteiger partial charge in [0.05, 0.1) is 17.4 Å². The van der Waals surface area contributed by atoms with E-state index in [1.807, 2.05) is 0 Å². The van der Waals surface area contributed by atoms with Crippen LogP contribution in [0.3, 0.4) is 0 Å². The standard InChI is InChI=1S/C23H38Br2O8S2.C18H20BrNO6/c1-21(2,18(26)32-12-14-34-35-15-13-33-19(27)22(3,4)24)16-23(5,25)20(28)31-11-10-30-17-8-6-7-9-29-17;1-17(2,15(23)25-12-7-5-4-6-8-12)11-18(3,19)16(24)26-20-13(21)9-10-14(20)22/h17H,6-16H2,1-5H3;4-8H,9-11H2,1-3H3. The Kier molecular flexibility index (Phi) is 22.8. The minimum absolute atomic E-state index is 0.0139. The predicted octanol–water partition coefficient (Wildman–Crippen LogP) is 8.05. The van der Waals surface area contributed by atoms with Gasteiger partial charge in [-0.1, -0.05) is 87.6 Å². The van der Waals surface area contributed by atoms with Gasteiger partial charge < -0.3 is 33.3 Å². The van der Waals surface area contributed by atoms with Crippen LogP contribution >= 0.6 is 69.4 Å². The number of benzene rings is 1. The van der Waals surface area contributed by atoms with E-state index in [0.29, 0.717) is 35.5 Å². The van der Waals surface area contributed by atoms with Crippen molar-refractivity contribution in [2.24, 2.45) is 10.8 Å². The molecule has 0 radical (unpaired) electrons. The summed E-state index contributed by atoms with van der Waals surface area (Å²) in [6.45, 7) is 15.1. The van der Waals surface area contributed by atoms with E-state index in [1.165, 1.54) is 17.7 Å². The first-order valence-corrected chi connectivity index (χ1v) is 24.6. The number of carbonyl (C=O) groups excluding carboxylic acids is 7. The van der Waals surface area contributed by atoms with Crippen LogP contribution in [-0.2, 0) is 62.1 Å². The molecule has 2 heterocycles. The first-order chi connectivity index (χ1) is 28.3. The molecule has 61 heavy (non-hydrogen) atoms. The molecule has 0 aliphatic carbocycles.